The lowest BCUT2D eigenvalue weighted by atomic mass is 10.1. The van der Waals surface area contributed by atoms with Gasteiger partial charge in [0.15, 0.2) is 18.1 Å². The van der Waals surface area contributed by atoms with Gasteiger partial charge in [-0.1, -0.05) is 30.3 Å². The average molecular weight is 491 g/mol. The minimum atomic E-state index is 0. The van der Waals surface area contributed by atoms with Crippen LogP contribution in [0.15, 0.2) is 64.6 Å². The van der Waals surface area contributed by atoms with E-state index in [-0.39, 0.29) is 24.0 Å². The maximum atomic E-state index is 6.21. The van der Waals surface area contributed by atoms with Gasteiger partial charge in [-0.3, -0.25) is 0 Å². The van der Waals surface area contributed by atoms with E-state index in [1.54, 1.807) is 12.4 Å². The molecule has 2 aromatic heterocycles. The molecule has 0 radical (unpaired) electrons. The van der Waals surface area contributed by atoms with Crippen molar-refractivity contribution in [2.24, 2.45) is 10.7 Å². The Labute approximate surface area is 180 Å². The summed E-state index contributed by atoms with van der Waals surface area (Å²) in [5.41, 5.74) is 7.97. The van der Waals surface area contributed by atoms with Gasteiger partial charge >= 0.3 is 0 Å². The standard InChI is InChI=1S/C19H21N7O.HI/c20-18(25-9-11-26(12-10-25)19-21-7-4-8-22-19)23-13-16-17(27-14-24-16)15-5-2-1-3-6-15;/h1-8,14H,9-13H2,(H2,20,23);1H. The second kappa shape index (κ2) is 9.49. The Morgan fingerprint density at radius 3 is 2.43 bits per heavy atom. The smallest absolute Gasteiger partial charge is 0.225 e. The molecule has 0 aliphatic carbocycles. The van der Waals surface area contributed by atoms with Crippen molar-refractivity contribution < 1.29 is 4.42 Å². The lowest BCUT2D eigenvalue weighted by Crippen LogP contribution is -2.51. The number of anilines is 1. The van der Waals surface area contributed by atoms with Crippen LogP contribution in [0.1, 0.15) is 5.69 Å². The number of halogens is 1. The fourth-order valence-corrected chi connectivity index (χ4v) is 3.05. The number of benzene rings is 1. The monoisotopic (exact) mass is 491 g/mol. The topological polar surface area (TPSA) is 96.7 Å². The molecule has 0 unspecified atom stereocenters. The Hall–Kier alpha value is -2.69. The summed E-state index contributed by atoms with van der Waals surface area (Å²) in [5, 5.41) is 0. The van der Waals surface area contributed by atoms with Gasteiger partial charge in [-0.25, -0.2) is 19.9 Å². The normalized spacial score (nSPS) is 14.6. The molecule has 0 saturated carbocycles. The zero-order valence-corrected chi connectivity index (χ0v) is 17.6. The zero-order chi connectivity index (χ0) is 18.5. The molecule has 3 heterocycles. The number of oxazole rings is 1. The predicted octanol–water partition coefficient (Wildman–Crippen LogP) is 2.39. The van der Waals surface area contributed by atoms with Crippen LogP contribution in [0.4, 0.5) is 5.95 Å². The highest BCUT2D eigenvalue weighted by atomic mass is 127. The van der Waals surface area contributed by atoms with Crippen LogP contribution in [0.25, 0.3) is 11.3 Å². The SMILES string of the molecule is I.NC(=NCc1ncoc1-c1ccccc1)N1CCN(c2ncccn2)CC1. The van der Waals surface area contributed by atoms with E-state index in [9.17, 15) is 0 Å². The summed E-state index contributed by atoms with van der Waals surface area (Å²) in [6.45, 7) is 3.55. The number of nitrogens with two attached hydrogens (primary N) is 1. The molecule has 0 amide bonds. The lowest BCUT2D eigenvalue weighted by Gasteiger charge is -2.35. The minimum Gasteiger partial charge on any atom is -0.443 e. The van der Waals surface area contributed by atoms with E-state index in [1.807, 2.05) is 36.4 Å². The van der Waals surface area contributed by atoms with Crippen LogP contribution < -0.4 is 10.6 Å². The highest BCUT2D eigenvalue weighted by Gasteiger charge is 2.20. The highest BCUT2D eigenvalue weighted by Crippen LogP contribution is 2.23. The van der Waals surface area contributed by atoms with Gasteiger partial charge in [0.05, 0.1) is 6.54 Å². The van der Waals surface area contributed by atoms with E-state index in [1.165, 1.54) is 6.39 Å². The minimum absolute atomic E-state index is 0. The van der Waals surface area contributed by atoms with E-state index in [2.05, 4.69) is 29.7 Å². The Balaban J connectivity index is 0.00000225. The van der Waals surface area contributed by atoms with Crippen LogP contribution in [0, 0.1) is 0 Å². The average Bonchev–Trinajstić information content (AvgIpc) is 3.22. The molecular weight excluding hydrogens is 469 g/mol. The van der Waals surface area contributed by atoms with Gasteiger partial charge in [0, 0.05) is 44.1 Å². The first-order valence-corrected chi connectivity index (χ1v) is 8.86. The van der Waals surface area contributed by atoms with E-state index in [0.29, 0.717) is 12.5 Å². The number of nitrogens with zero attached hydrogens (tertiary/aromatic N) is 6. The van der Waals surface area contributed by atoms with Crippen LogP contribution in [0.5, 0.6) is 0 Å². The first kappa shape index (κ1) is 20.1. The Morgan fingerprint density at radius 2 is 1.71 bits per heavy atom. The first-order valence-electron chi connectivity index (χ1n) is 8.86. The van der Waals surface area contributed by atoms with Gasteiger partial charge in [-0.05, 0) is 6.07 Å². The number of aromatic nitrogens is 3. The third kappa shape index (κ3) is 4.58. The lowest BCUT2D eigenvalue weighted by molar-refractivity contribution is 0.378. The van der Waals surface area contributed by atoms with Crippen LogP contribution in [-0.4, -0.2) is 52.0 Å². The maximum absolute atomic E-state index is 6.21. The van der Waals surface area contributed by atoms with Gasteiger partial charge in [0.2, 0.25) is 5.95 Å². The molecule has 4 rings (SSSR count). The molecule has 1 aliphatic heterocycles. The second-order valence-corrected chi connectivity index (χ2v) is 6.19. The van der Waals surface area contributed by atoms with Crippen molar-refractivity contribution in [3.05, 3.63) is 60.9 Å². The molecule has 8 nitrogen and oxygen atoms in total. The first-order chi connectivity index (χ1) is 13.3. The molecule has 2 N–H and O–H groups in total. The van der Waals surface area contributed by atoms with Crippen LogP contribution in [-0.2, 0) is 6.54 Å². The van der Waals surface area contributed by atoms with Crippen molar-refractivity contribution in [3.8, 4) is 11.3 Å². The summed E-state index contributed by atoms with van der Waals surface area (Å²) >= 11 is 0. The van der Waals surface area contributed by atoms with Crippen LogP contribution >= 0.6 is 24.0 Å². The molecule has 3 aromatic rings. The molecule has 1 fully saturated rings. The Bertz CT molecular complexity index is 893. The molecule has 1 aliphatic rings. The van der Waals surface area contributed by atoms with Crippen molar-refractivity contribution in [3.63, 3.8) is 0 Å². The highest BCUT2D eigenvalue weighted by molar-refractivity contribution is 14.0. The van der Waals surface area contributed by atoms with Crippen molar-refractivity contribution in [2.45, 2.75) is 6.54 Å². The summed E-state index contributed by atoms with van der Waals surface area (Å²) in [5.74, 6) is 2.01. The molecule has 146 valence electrons. The number of aliphatic imine (C=N–C) groups is 1. The second-order valence-electron chi connectivity index (χ2n) is 6.19. The van der Waals surface area contributed by atoms with Crippen molar-refractivity contribution in [2.75, 3.05) is 31.1 Å². The fourth-order valence-electron chi connectivity index (χ4n) is 3.05. The van der Waals surface area contributed by atoms with Crippen molar-refractivity contribution in [1.29, 1.82) is 0 Å². The van der Waals surface area contributed by atoms with Crippen LogP contribution in [0.2, 0.25) is 0 Å². The molecule has 9 heteroatoms. The molecule has 1 saturated heterocycles. The van der Waals surface area contributed by atoms with Crippen molar-refractivity contribution in [1.82, 2.24) is 19.9 Å². The van der Waals surface area contributed by atoms with Gasteiger partial charge in [0.25, 0.3) is 0 Å². The van der Waals surface area contributed by atoms with Gasteiger partial charge in [-0.2, -0.15) is 0 Å². The Morgan fingerprint density at radius 1 is 1.00 bits per heavy atom. The maximum Gasteiger partial charge on any atom is 0.225 e. The molecule has 0 atom stereocenters. The summed E-state index contributed by atoms with van der Waals surface area (Å²) < 4.78 is 5.54. The Kier molecular flexibility index (Phi) is 6.80. The van der Waals surface area contributed by atoms with Gasteiger partial charge in [0.1, 0.15) is 5.69 Å². The van der Waals surface area contributed by atoms with E-state index in [4.69, 9.17) is 10.2 Å². The summed E-state index contributed by atoms with van der Waals surface area (Å²) in [4.78, 5) is 21.6. The number of hydrogen-bond acceptors (Lipinski definition) is 6. The fraction of sp³-hybridized carbons (Fsp3) is 0.263. The van der Waals surface area contributed by atoms with E-state index in [0.717, 1.165) is 49.1 Å². The summed E-state index contributed by atoms with van der Waals surface area (Å²) in [6.07, 6.45) is 4.96. The summed E-state index contributed by atoms with van der Waals surface area (Å²) in [6, 6.07) is 11.7. The van der Waals surface area contributed by atoms with Crippen LogP contribution in [0.3, 0.4) is 0 Å². The van der Waals surface area contributed by atoms with Crippen molar-refractivity contribution >= 4 is 35.9 Å². The third-order valence-electron chi connectivity index (χ3n) is 4.51. The van der Waals surface area contributed by atoms with Gasteiger partial charge in [-0.15, -0.1) is 24.0 Å². The summed E-state index contributed by atoms with van der Waals surface area (Å²) in [7, 11) is 0. The quantitative estimate of drug-likeness (QED) is 0.340. The number of piperazine rings is 1. The zero-order valence-electron chi connectivity index (χ0n) is 15.3. The third-order valence-corrected chi connectivity index (χ3v) is 4.51. The predicted molar refractivity (Wildman–Crippen MR) is 118 cm³/mol. The largest absolute Gasteiger partial charge is 0.443 e. The molecule has 0 bridgehead atoms. The molecule has 28 heavy (non-hydrogen) atoms. The molecule has 0 spiro atoms. The number of rotatable bonds is 4. The van der Waals surface area contributed by atoms with E-state index >= 15 is 0 Å². The number of guanidine groups is 1. The number of hydrogen-bond donors (Lipinski definition) is 1. The van der Waals surface area contributed by atoms with E-state index < -0.39 is 0 Å². The molecular formula is C19H22IN7O. The molecule has 1 aromatic carbocycles. The van der Waals surface area contributed by atoms with Gasteiger partial charge < -0.3 is 20.0 Å².